The van der Waals surface area contributed by atoms with Crippen LogP contribution < -0.4 is 5.56 Å². The highest BCUT2D eigenvalue weighted by molar-refractivity contribution is 5.79. The summed E-state index contributed by atoms with van der Waals surface area (Å²) < 4.78 is 53.3. The first-order valence-corrected chi connectivity index (χ1v) is 11.0. The standard InChI is InChI=1S/C25H21F4N3O2/c26-21-15(5-4-8-18(21)25(27,28)29)13-20(33)32-12-9-19-17(14-32)22(34)31-23(30-19)24(10-11-24)16-6-2-1-3-7-16/h1-8H,9-14H2,(H,30,31,34). The number of halogens is 4. The third kappa shape index (κ3) is 3.89. The number of benzene rings is 2. The minimum absolute atomic E-state index is 0.0182. The molecule has 0 saturated heterocycles. The predicted molar refractivity (Wildman–Crippen MR) is 116 cm³/mol. The maximum Gasteiger partial charge on any atom is 0.419 e. The van der Waals surface area contributed by atoms with Crippen LogP contribution in [0.5, 0.6) is 0 Å². The zero-order chi connectivity index (χ0) is 24.1. The van der Waals surface area contributed by atoms with Crippen LogP contribution in [0.1, 0.15) is 46.6 Å². The Bertz CT molecular complexity index is 1310. The summed E-state index contributed by atoms with van der Waals surface area (Å²) in [6.07, 6.45) is -3.26. The van der Waals surface area contributed by atoms with Gasteiger partial charge in [0.2, 0.25) is 5.91 Å². The van der Waals surface area contributed by atoms with Crippen LogP contribution >= 0.6 is 0 Å². The van der Waals surface area contributed by atoms with Crippen molar-refractivity contribution in [1.82, 2.24) is 14.9 Å². The van der Waals surface area contributed by atoms with Gasteiger partial charge in [-0.1, -0.05) is 42.5 Å². The molecule has 1 aliphatic heterocycles. The van der Waals surface area contributed by atoms with Crippen LogP contribution in [-0.4, -0.2) is 27.3 Å². The molecule has 1 fully saturated rings. The number of rotatable bonds is 4. The minimum Gasteiger partial charge on any atom is -0.337 e. The van der Waals surface area contributed by atoms with Gasteiger partial charge in [0, 0.05) is 13.0 Å². The van der Waals surface area contributed by atoms with Crippen molar-refractivity contribution in [1.29, 1.82) is 0 Å². The maximum absolute atomic E-state index is 14.3. The summed E-state index contributed by atoms with van der Waals surface area (Å²) >= 11 is 0. The lowest BCUT2D eigenvalue weighted by atomic mass is 9.94. The van der Waals surface area contributed by atoms with Crippen LogP contribution in [0.2, 0.25) is 0 Å². The van der Waals surface area contributed by atoms with Crippen molar-refractivity contribution in [2.45, 2.75) is 43.8 Å². The maximum atomic E-state index is 14.3. The van der Waals surface area contributed by atoms with Crippen molar-refractivity contribution in [3.05, 3.63) is 98.5 Å². The molecule has 5 rings (SSSR count). The van der Waals surface area contributed by atoms with Crippen LogP contribution in [-0.2, 0) is 35.8 Å². The number of aromatic amines is 1. The number of hydrogen-bond donors (Lipinski definition) is 1. The van der Waals surface area contributed by atoms with Gasteiger partial charge in [-0.05, 0) is 30.0 Å². The number of amides is 1. The molecule has 1 aromatic heterocycles. The van der Waals surface area contributed by atoms with E-state index < -0.39 is 29.9 Å². The second kappa shape index (κ2) is 8.07. The third-order valence-electron chi connectivity index (χ3n) is 6.68. The van der Waals surface area contributed by atoms with E-state index in [1.807, 2.05) is 30.3 Å². The van der Waals surface area contributed by atoms with Gasteiger partial charge in [0.25, 0.3) is 5.56 Å². The number of carbonyl (C=O) groups is 1. The van der Waals surface area contributed by atoms with Crippen molar-refractivity contribution in [2.24, 2.45) is 0 Å². The molecule has 2 aromatic carbocycles. The van der Waals surface area contributed by atoms with Gasteiger partial charge in [-0.2, -0.15) is 13.2 Å². The highest BCUT2D eigenvalue weighted by atomic mass is 19.4. The zero-order valence-corrected chi connectivity index (χ0v) is 18.1. The smallest absolute Gasteiger partial charge is 0.337 e. The fourth-order valence-corrected chi connectivity index (χ4v) is 4.62. The number of fused-ring (bicyclic) bond motifs is 1. The Kier molecular flexibility index (Phi) is 5.30. The molecule has 34 heavy (non-hydrogen) atoms. The van der Waals surface area contributed by atoms with Crippen LogP contribution in [0.3, 0.4) is 0 Å². The zero-order valence-electron chi connectivity index (χ0n) is 18.1. The topological polar surface area (TPSA) is 66.1 Å². The van der Waals surface area contributed by atoms with Crippen molar-refractivity contribution in [2.75, 3.05) is 6.54 Å². The first-order valence-electron chi connectivity index (χ1n) is 11.0. The average Bonchev–Trinajstić information content (AvgIpc) is 3.62. The highest BCUT2D eigenvalue weighted by Gasteiger charge is 2.48. The summed E-state index contributed by atoms with van der Waals surface area (Å²) in [5, 5.41) is 0. The Morgan fingerprint density at radius 2 is 1.82 bits per heavy atom. The molecule has 0 unspecified atom stereocenters. The molecule has 1 N–H and O–H groups in total. The second-order valence-electron chi connectivity index (χ2n) is 8.81. The second-order valence-corrected chi connectivity index (χ2v) is 8.81. The number of nitrogens with one attached hydrogen (secondary N) is 1. The normalized spacial score (nSPS) is 16.8. The largest absolute Gasteiger partial charge is 0.419 e. The van der Waals surface area contributed by atoms with Crippen LogP contribution in [0.4, 0.5) is 17.6 Å². The van der Waals surface area contributed by atoms with E-state index in [9.17, 15) is 27.2 Å². The average molecular weight is 471 g/mol. The monoisotopic (exact) mass is 471 g/mol. The molecule has 1 aliphatic carbocycles. The molecule has 5 nitrogen and oxygen atoms in total. The molecular formula is C25H21F4N3O2. The van der Waals surface area contributed by atoms with Crippen LogP contribution in [0.15, 0.2) is 53.3 Å². The van der Waals surface area contributed by atoms with Crippen molar-refractivity contribution < 1.29 is 22.4 Å². The summed E-state index contributed by atoms with van der Waals surface area (Å²) in [5.41, 5.74) is -0.289. The van der Waals surface area contributed by atoms with Crippen molar-refractivity contribution in [3.8, 4) is 0 Å². The third-order valence-corrected chi connectivity index (χ3v) is 6.68. The molecular weight excluding hydrogens is 450 g/mol. The van der Waals surface area contributed by atoms with Crippen LogP contribution in [0.25, 0.3) is 0 Å². The summed E-state index contributed by atoms with van der Waals surface area (Å²) in [5.74, 6) is -1.37. The number of aromatic nitrogens is 2. The predicted octanol–water partition coefficient (Wildman–Crippen LogP) is 4.14. The van der Waals surface area contributed by atoms with Crippen LogP contribution in [0, 0.1) is 5.82 Å². The molecule has 9 heteroatoms. The fraction of sp³-hybridized carbons (Fsp3) is 0.320. The van der Waals surface area contributed by atoms with E-state index in [4.69, 9.17) is 4.98 Å². The van der Waals surface area contributed by atoms with E-state index in [-0.39, 0.29) is 29.6 Å². The lowest BCUT2D eigenvalue weighted by molar-refractivity contribution is -0.140. The molecule has 176 valence electrons. The van der Waals surface area contributed by atoms with Gasteiger partial charge < -0.3 is 9.88 Å². The first-order chi connectivity index (χ1) is 16.2. The Morgan fingerprint density at radius 3 is 2.50 bits per heavy atom. The quantitative estimate of drug-likeness (QED) is 0.582. The van der Waals surface area contributed by atoms with E-state index in [2.05, 4.69) is 4.98 Å². The van der Waals surface area contributed by atoms with Gasteiger partial charge >= 0.3 is 6.18 Å². The van der Waals surface area contributed by atoms with E-state index in [1.165, 1.54) is 11.0 Å². The van der Waals surface area contributed by atoms with Gasteiger partial charge in [-0.3, -0.25) is 9.59 Å². The summed E-state index contributed by atoms with van der Waals surface area (Å²) in [6, 6.07) is 12.7. The Labute approximate surface area is 192 Å². The minimum atomic E-state index is -4.84. The van der Waals surface area contributed by atoms with E-state index in [0.717, 1.165) is 24.5 Å². The number of nitrogens with zero attached hydrogens (tertiary/aromatic N) is 2. The van der Waals surface area contributed by atoms with Gasteiger partial charge in [-0.15, -0.1) is 0 Å². The fourth-order valence-electron chi connectivity index (χ4n) is 4.62. The van der Waals surface area contributed by atoms with Gasteiger partial charge in [-0.25, -0.2) is 9.37 Å². The van der Waals surface area contributed by atoms with Gasteiger partial charge in [0.05, 0.1) is 35.2 Å². The molecule has 2 heterocycles. The summed E-state index contributed by atoms with van der Waals surface area (Å²) in [4.78, 5) is 34.7. The molecule has 1 saturated carbocycles. The Hall–Kier alpha value is -3.49. The number of carbonyl (C=O) groups excluding carboxylic acids is 1. The summed E-state index contributed by atoms with van der Waals surface area (Å²) in [6.45, 7) is 0.232. The molecule has 2 aliphatic rings. The molecule has 0 spiro atoms. The van der Waals surface area contributed by atoms with Gasteiger partial charge in [0.15, 0.2) is 0 Å². The number of hydrogen-bond acceptors (Lipinski definition) is 3. The SMILES string of the molecule is O=C(Cc1cccc(C(F)(F)F)c1F)N1CCc2nc(C3(c4ccccc4)CC3)[nH]c(=O)c2C1. The Morgan fingerprint density at radius 1 is 1.09 bits per heavy atom. The molecule has 0 radical (unpaired) electrons. The highest BCUT2D eigenvalue weighted by Crippen LogP contribution is 2.51. The van der Waals surface area contributed by atoms with E-state index >= 15 is 0 Å². The van der Waals surface area contributed by atoms with E-state index in [0.29, 0.717) is 29.6 Å². The number of alkyl halides is 3. The molecule has 3 aromatic rings. The number of H-pyrrole nitrogens is 1. The van der Waals surface area contributed by atoms with Crippen molar-refractivity contribution in [3.63, 3.8) is 0 Å². The lowest BCUT2D eigenvalue weighted by Gasteiger charge is -2.29. The first kappa shape index (κ1) is 22.3. The van der Waals surface area contributed by atoms with Gasteiger partial charge in [0.1, 0.15) is 11.6 Å². The Balaban J connectivity index is 1.36. The molecule has 1 amide bonds. The summed E-state index contributed by atoms with van der Waals surface area (Å²) in [7, 11) is 0. The lowest BCUT2D eigenvalue weighted by Crippen LogP contribution is -2.41. The molecule has 0 atom stereocenters. The molecule has 0 bridgehead atoms. The van der Waals surface area contributed by atoms with E-state index in [1.54, 1.807) is 0 Å². The van der Waals surface area contributed by atoms with Crippen molar-refractivity contribution >= 4 is 5.91 Å².